The number of halogens is 1. The number of rotatable bonds is 2. The minimum Gasteiger partial charge on any atom is -0.398 e. The molecule has 0 amide bonds. The Balaban J connectivity index is 2.17. The number of nitrogens with one attached hydrogen (secondary N) is 1. The summed E-state index contributed by atoms with van der Waals surface area (Å²) in [6.45, 7) is 2.10. The summed E-state index contributed by atoms with van der Waals surface area (Å²) >= 11 is 7.80. The third kappa shape index (κ3) is 1.93. The Kier molecular flexibility index (Phi) is 2.67. The zero-order chi connectivity index (χ0) is 9.26. The van der Waals surface area contributed by atoms with Gasteiger partial charge in [0.05, 0.1) is 5.02 Å². The standard InChI is InChI=1S/C9H11ClN2S/c10-7-2-1-3-8(11)9(7)13-6-4-12-5-6/h1-3,6,12H,4-5,11H2. The van der Waals surface area contributed by atoms with Crippen molar-refractivity contribution in [1.29, 1.82) is 0 Å². The summed E-state index contributed by atoms with van der Waals surface area (Å²) in [4.78, 5) is 1.02. The largest absolute Gasteiger partial charge is 0.398 e. The van der Waals surface area contributed by atoms with Crippen LogP contribution in [0.15, 0.2) is 23.1 Å². The van der Waals surface area contributed by atoms with Crippen molar-refractivity contribution >= 4 is 29.1 Å². The summed E-state index contributed by atoms with van der Waals surface area (Å²) < 4.78 is 0. The van der Waals surface area contributed by atoms with Crippen LogP contribution >= 0.6 is 23.4 Å². The van der Waals surface area contributed by atoms with Gasteiger partial charge in [-0.25, -0.2) is 0 Å². The number of thioether (sulfide) groups is 1. The van der Waals surface area contributed by atoms with Crippen molar-refractivity contribution in [2.24, 2.45) is 0 Å². The summed E-state index contributed by atoms with van der Waals surface area (Å²) in [5.74, 6) is 0. The Morgan fingerprint density at radius 3 is 2.77 bits per heavy atom. The Hall–Kier alpha value is -0.380. The van der Waals surface area contributed by atoms with E-state index in [1.807, 2.05) is 18.2 Å². The van der Waals surface area contributed by atoms with E-state index >= 15 is 0 Å². The molecular formula is C9H11ClN2S. The van der Waals surface area contributed by atoms with Gasteiger partial charge < -0.3 is 11.1 Å². The summed E-state index contributed by atoms with van der Waals surface area (Å²) in [5.41, 5.74) is 6.60. The van der Waals surface area contributed by atoms with E-state index in [4.69, 9.17) is 17.3 Å². The Morgan fingerprint density at radius 2 is 2.23 bits per heavy atom. The van der Waals surface area contributed by atoms with Gasteiger partial charge in [-0.05, 0) is 12.1 Å². The van der Waals surface area contributed by atoms with Crippen LogP contribution in [-0.2, 0) is 0 Å². The van der Waals surface area contributed by atoms with Crippen LogP contribution < -0.4 is 11.1 Å². The third-order valence-electron chi connectivity index (χ3n) is 2.03. The number of benzene rings is 1. The Morgan fingerprint density at radius 1 is 1.46 bits per heavy atom. The van der Waals surface area contributed by atoms with Gasteiger partial charge in [-0.3, -0.25) is 0 Å². The molecule has 1 aromatic rings. The molecule has 13 heavy (non-hydrogen) atoms. The molecule has 1 aliphatic heterocycles. The molecule has 1 aromatic carbocycles. The number of nitrogen functional groups attached to an aromatic ring is 1. The molecular weight excluding hydrogens is 204 g/mol. The van der Waals surface area contributed by atoms with Crippen molar-refractivity contribution in [1.82, 2.24) is 5.32 Å². The zero-order valence-corrected chi connectivity index (χ0v) is 8.66. The SMILES string of the molecule is Nc1cccc(Cl)c1SC1CNC1. The lowest BCUT2D eigenvalue weighted by atomic mass is 10.3. The van der Waals surface area contributed by atoms with Gasteiger partial charge in [0.2, 0.25) is 0 Å². The summed E-state index contributed by atoms with van der Waals surface area (Å²) in [7, 11) is 0. The van der Waals surface area contributed by atoms with E-state index in [0.29, 0.717) is 5.25 Å². The minimum atomic E-state index is 0.627. The molecule has 70 valence electrons. The molecule has 1 saturated heterocycles. The van der Waals surface area contributed by atoms with Crippen LogP contribution in [0, 0.1) is 0 Å². The molecule has 0 atom stereocenters. The van der Waals surface area contributed by atoms with Crippen LogP contribution in [0.25, 0.3) is 0 Å². The maximum Gasteiger partial charge on any atom is 0.0562 e. The highest BCUT2D eigenvalue weighted by atomic mass is 35.5. The van der Waals surface area contributed by atoms with Crippen LogP contribution in [0.4, 0.5) is 5.69 Å². The van der Waals surface area contributed by atoms with Gasteiger partial charge in [0.25, 0.3) is 0 Å². The van der Waals surface area contributed by atoms with Crippen LogP contribution in [0.3, 0.4) is 0 Å². The first-order chi connectivity index (χ1) is 6.27. The average molecular weight is 215 g/mol. The van der Waals surface area contributed by atoms with Gasteiger partial charge in [0.1, 0.15) is 0 Å². The fraction of sp³-hybridized carbons (Fsp3) is 0.333. The smallest absolute Gasteiger partial charge is 0.0562 e. The minimum absolute atomic E-state index is 0.627. The maximum absolute atomic E-state index is 6.03. The first kappa shape index (κ1) is 9.19. The van der Waals surface area contributed by atoms with E-state index in [1.54, 1.807) is 11.8 Å². The van der Waals surface area contributed by atoms with Crippen molar-refractivity contribution in [3.63, 3.8) is 0 Å². The van der Waals surface area contributed by atoms with Crippen LogP contribution in [-0.4, -0.2) is 18.3 Å². The predicted molar refractivity (Wildman–Crippen MR) is 58.4 cm³/mol. The predicted octanol–water partition coefficient (Wildman–Crippen LogP) is 1.99. The lowest BCUT2D eigenvalue weighted by Gasteiger charge is -2.27. The van der Waals surface area contributed by atoms with E-state index in [0.717, 1.165) is 28.7 Å². The molecule has 0 spiro atoms. The molecule has 1 aliphatic rings. The van der Waals surface area contributed by atoms with E-state index in [1.165, 1.54) is 0 Å². The molecule has 0 aromatic heterocycles. The molecule has 2 nitrogen and oxygen atoms in total. The fourth-order valence-corrected chi connectivity index (χ4v) is 2.60. The van der Waals surface area contributed by atoms with Crippen LogP contribution in [0.5, 0.6) is 0 Å². The second kappa shape index (κ2) is 3.78. The van der Waals surface area contributed by atoms with Gasteiger partial charge in [-0.15, -0.1) is 11.8 Å². The van der Waals surface area contributed by atoms with Crippen molar-refractivity contribution in [3.05, 3.63) is 23.2 Å². The number of nitrogens with two attached hydrogens (primary N) is 1. The van der Waals surface area contributed by atoms with E-state index < -0.39 is 0 Å². The van der Waals surface area contributed by atoms with Gasteiger partial charge in [-0.2, -0.15) is 0 Å². The first-order valence-corrected chi connectivity index (χ1v) is 5.44. The van der Waals surface area contributed by atoms with Crippen molar-refractivity contribution in [2.75, 3.05) is 18.8 Å². The zero-order valence-electron chi connectivity index (χ0n) is 7.09. The highest BCUT2D eigenvalue weighted by molar-refractivity contribution is 8.00. The van der Waals surface area contributed by atoms with Gasteiger partial charge >= 0.3 is 0 Å². The molecule has 0 unspecified atom stereocenters. The van der Waals surface area contributed by atoms with Crippen molar-refractivity contribution in [2.45, 2.75) is 10.1 Å². The highest BCUT2D eigenvalue weighted by Crippen LogP contribution is 2.35. The van der Waals surface area contributed by atoms with Crippen LogP contribution in [0.2, 0.25) is 5.02 Å². The number of hydrogen-bond acceptors (Lipinski definition) is 3. The van der Waals surface area contributed by atoms with E-state index in [2.05, 4.69) is 5.32 Å². The molecule has 0 aliphatic carbocycles. The topological polar surface area (TPSA) is 38.0 Å². The summed E-state index contributed by atoms with van der Waals surface area (Å²) in [5, 5.41) is 4.60. The summed E-state index contributed by atoms with van der Waals surface area (Å²) in [6.07, 6.45) is 0. The number of hydrogen-bond donors (Lipinski definition) is 2. The molecule has 0 radical (unpaired) electrons. The van der Waals surface area contributed by atoms with Gasteiger partial charge in [0.15, 0.2) is 0 Å². The van der Waals surface area contributed by atoms with Crippen molar-refractivity contribution in [3.8, 4) is 0 Å². The lowest BCUT2D eigenvalue weighted by molar-refractivity contribution is 0.544. The molecule has 3 N–H and O–H groups in total. The average Bonchev–Trinajstić information content (AvgIpc) is 2.00. The highest BCUT2D eigenvalue weighted by Gasteiger charge is 2.20. The molecule has 0 bridgehead atoms. The molecule has 4 heteroatoms. The third-order valence-corrected chi connectivity index (χ3v) is 3.81. The first-order valence-electron chi connectivity index (χ1n) is 4.19. The molecule has 1 fully saturated rings. The van der Waals surface area contributed by atoms with E-state index in [-0.39, 0.29) is 0 Å². The molecule has 1 heterocycles. The Bertz CT molecular complexity index is 292. The van der Waals surface area contributed by atoms with Crippen molar-refractivity contribution < 1.29 is 0 Å². The van der Waals surface area contributed by atoms with Gasteiger partial charge in [-0.1, -0.05) is 17.7 Å². The maximum atomic E-state index is 6.03. The fourth-order valence-electron chi connectivity index (χ4n) is 1.16. The van der Waals surface area contributed by atoms with Gasteiger partial charge in [0, 0.05) is 28.9 Å². The second-order valence-electron chi connectivity index (χ2n) is 3.06. The lowest BCUT2D eigenvalue weighted by Crippen LogP contribution is -2.44. The normalized spacial score (nSPS) is 17.0. The second-order valence-corrected chi connectivity index (χ2v) is 4.77. The Labute approximate surface area is 86.8 Å². The quantitative estimate of drug-likeness (QED) is 0.740. The summed E-state index contributed by atoms with van der Waals surface area (Å²) in [6, 6.07) is 5.65. The monoisotopic (exact) mass is 214 g/mol. The molecule has 2 rings (SSSR count). The van der Waals surface area contributed by atoms with Crippen LogP contribution in [0.1, 0.15) is 0 Å². The van der Waals surface area contributed by atoms with E-state index in [9.17, 15) is 0 Å². The number of anilines is 1. The molecule has 0 saturated carbocycles.